The van der Waals surface area contributed by atoms with E-state index >= 15 is 0 Å². The third-order valence-corrected chi connectivity index (χ3v) is 5.03. The third-order valence-electron chi connectivity index (χ3n) is 2.76. The molecule has 0 amide bonds. The number of thiophene rings is 1. The monoisotopic (exact) mass is 388 g/mol. The second-order valence-electron chi connectivity index (χ2n) is 3.91. The van der Waals surface area contributed by atoms with E-state index in [1.807, 2.05) is 17.5 Å². The van der Waals surface area contributed by atoms with Gasteiger partial charge in [0.25, 0.3) is 0 Å². The van der Waals surface area contributed by atoms with E-state index in [0.717, 1.165) is 14.7 Å². The minimum Gasteiger partial charge on any atom is -0.494 e. The maximum absolute atomic E-state index is 6.29. The van der Waals surface area contributed by atoms with Gasteiger partial charge in [0.1, 0.15) is 16.4 Å². The zero-order valence-electron chi connectivity index (χ0n) is 10.2. The van der Waals surface area contributed by atoms with Crippen LogP contribution in [-0.4, -0.2) is 17.1 Å². The van der Waals surface area contributed by atoms with Crippen LogP contribution in [0.25, 0.3) is 21.6 Å². The van der Waals surface area contributed by atoms with Crippen LogP contribution in [0.4, 0.5) is 0 Å². The minimum absolute atomic E-state index is 0.361. The summed E-state index contributed by atoms with van der Waals surface area (Å²) in [5.74, 6) is 1.14. The predicted molar refractivity (Wildman–Crippen MR) is 87.1 cm³/mol. The van der Waals surface area contributed by atoms with E-state index in [9.17, 15) is 0 Å². The van der Waals surface area contributed by atoms with Crippen LogP contribution in [0.5, 0.6) is 5.75 Å². The van der Waals surface area contributed by atoms with E-state index in [1.165, 1.54) is 11.3 Å². The second kappa shape index (κ2) is 5.48. The zero-order valence-corrected chi connectivity index (χ0v) is 14.1. The standard InChI is InChI=1S/C13H7BrCl2N2OS/c1-19-8-3-2-6(14)9-10(8)17-13(18-12(9)16)11-7(15)4-5-20-11/h2-5H,1H3. The summed E-state index contributed by atoms with van der Waals surface area (Å²) in [7, 11) is 1.59. The van der Waals surface area contributed by atoms with Crippen molar-refractivity contribution in [2.45, 2.75) is 0 Å². The highest BCUT2D eigenvalue weighted by molar-refractivity contribution is 9.10. The smallest absolute Gasteiger partial charge is 0.173 e. The number of methoxy groups -OCH3 is 1. The molecule has 7 heteroatoms. The molecular formula is C13H7BrCl2N2OS. The Morgan fingerprint density at radius 3 is 2.65 bits per heavy atom. The van der Waals surface area contributed by atoms with Crippen molar-refractivity contribution in [2.24, 2.45) is 0 Å². The highest BCUT2D eigenvalue weighted by Gasteiger charge is 2.16. The fourth-order valence-electron chi connectivity index (χ4n) is 1.85. The normalized spacial score (nSPS) is 11.0. The van der Waals surface area contributed by atoms with Crippen molar-refractivity contribution in [1.82, 2.24) is 9.97 Å². The summed E-state index contributed by atoms with van der Waals surface area (Å²) in [4.78, 5) is 9.67. The maximum atomic E-state index is 6.29. The number of ether oxygens (including phenoxy) is 1. The van der Waals surface area contributed by atoms with E-state index in [0.29, 0.717) is 27.3 Å². The summed E-state index contributed by atoms with van der Waals surface area (Å²) in [6.45, 7) is 0. The summed E-state index contributed by atoms with van der Waals surface area (Å²) in [5.41, 5.74) is 0.654. The molecule has 0 aliphatic rings. The van der Waals surface area contributed by atoms with Crippen LogP contribution in [0.2, 0.25) is 10.2 Å². The number of benzene rings is 1. The van der Waals surface area contributed by atoms with E-state index in [2.05, 4.69) is 25.9 Å². The summed E-state index contributed by atoms with van der Waals surface area (Å²) >= 11 is 17.3. The van der Waals surface area contributed by atoms with Gasteiger partial charge in [-0.25, -0.2) is 9.97 Å². The second-order valence-corrected chi connectivity index (χ2v) is 6.44. The molecule has 0 fully saturated rings. The van der Waals surface area contributed by atoms with Gasteiger partial charge in [0.05, 0.1) is 22.4 Å². The van der Waals surface area contributed by atoms with Crippen molar-refractivity contribution in [3.05, 3.63) is 38.2 Å². The minimum atomic E-state index is 0.361. The van der Waals surface area contributed by atoms with E-state index < -0.39 is 0 Å². The van der Waals surface area contributed by atoms with E-state index in [-0.39, 0.29) is 0 Å². The van der Waals surface area contributed by atoms with Gasteiger partial charge in [0.15, 0.2) is 5.82 Å². The number of aromatic nitrogens is 2. The molecule has 0 saturated heterocycles. The topological polar surface area (TPSA) is 35.0 Å². The molecule has 2 heterocycles. The van der Waals surface area contributed by atoms with Crippen LogP contribution in [0.15, 0.2) is 28.1 Å². The van der Waals surface area contributed by atoms with Gasteiger partial charge in [-0.1, -0.05) is 23.2 Å². The van der Waals surface area contributed by atoms with Crippen molar-refractivity contribution in [1.29, 1.82) is 0 Å². The van der Waals surface area contributed by atoms with Gasteiger partial charge >= 0.3 is 0 Å². The van der Waals surface area contributed by atoms with Crippen molar-refractivity contribution in [2.75, 3.05) is 7.11 Å². The first-order valence-corrected chi connectivity index (χ1v) is 7.97. The Balaban J connectivity index is 2.36. The molecule has 3 nitrogen and oxygen atoms in total. The zero-order chi connectivity index (χ0) is 14.3. The lowest BCUT2D eigenvalue weighted by atomic mass is 10.2. The molecule has 2 aromatic heterocycles. The molecule has 0 aliphatic carbocycles. The first-order valence-electron chi connectivity index (χ1n) is 5.55. The van der Waals surface area contributed by atoms with Gasteiger partial charge < -0.3 is 4.74 Å². The van der Waals surface area contributed by atoms with Crippen LogP contribution < -0.4 is 4.74 Å². The van der Waals surface area contributed by atoms with Crippen LogP contribution in [0.1, 0.15) is 0 Å². The SMILES string of the molecule is COc1ccc(Br)c2c(Cl)nc(-c3sccc3Cl)nc12. The Labute approximate surface area is 137 Å². The van der Waals surface area contributed by atoms with Crippen molar-refractivity contribution in [3.8, 4) is 16.5 Å². The molecule has 0 spiro atoms. The first-order chi connectivity index (χ1) is 9.61. The molecule has 1 aromatic carbocycles. The molecule has 0 saturated carbocycles. The Bertz CT molecular complexity index is 806. The summed E-state index contributed by atoms with van der Waals surface area (Å²) in [6.07, 6.45) is 0. The van der Waals surface area contributed by atoms with Crippen molar-refractivity contribution in [3.63, 3.8) is 0 Å². The molecule has 102 valence electrons. The van der Waals surface area contributed by atoms with Gasteiger partial charge in [0.2, 0.25) is 0 Å². The lowest BCUT2D eigenvalue weighted by molar-refractivity contribution is 0.419. The van der Waals surface area contributed by atoms with Crippen molar-refractivity contribution >= 4 is 61.4 Å². The highest BCUT2D eigenvalue weighted by atomic mass is 79.9. The lowest BCUT2D eigenvalue weighted by Gasteiger charge is -2.09. The van der Waals surface area contributed by atoms with Crippen LogP contribution in [-0.2, 0) is 0 Å². The van der Waals surface area contributed by atoms with Crippen molar-refractivity contribution < 1.29 is 4.74 Å². The largest absolute Gasteiger partial charge is 0.494 e. The maximum Gasteiger partial charge on any atom is 0.173 e. The van der Waals surface area contributed by atoms with Crippen LogP contribution >= 0.6 is 50.5 Å². The Kier molecular flexibility index (Phi) is 3.86. The van der Waals surface area contributed by atoms with E-state index in [4.69, 9.17) is 27.9 Å². The average Bonchev–Trinajstić information content (AvgIpc) is 2.85. The first kappa shape index (κ1) is 14.1. The molecule has 3 rings (SSSR count). The molecule has 0 bridgehead atoms. The van der Waals surface area contributed by atoms with Gasteiger partial charge in [-0.2, -0.15) is 0 Å². The lowest BCUT2D eigenvalue weighted by Crippen LogP contribution is -1.94. The fraction of sp³-hybridized carbons (Fsp3) is 0.0769. The molecule has 0 unspecified atom stereocenters. The molecule has 20 heavy (non-hydrogen) atoms. The van der Waals surface area contributed by atoms with Gasteiger partial charge in [0, 0.05) is 4.47 Å². The molecule has 0 N–H and O–H groups in total. The number of hydrogen-bond donors (Lipinski definition) is 0. The molecular weight excluding hydrogens is 383 g/mol. The number of fused-ring (bicyclic) bond motifs is 1. The predicted octanol–water partition coefficient (Wildman–Crippen LogP) is 5.44. The average molecular weight is 390 g/mol. The Hall–Kier alpha value is -0.880. The highest BCUT2D eigenvalue weighted by Crippen LogP contribution is 2.38. The Morgan fingerprint density at radius 2 is 2.00 bits per heavy atom. The molecule has 0 radical (unpaired) electrons. The number of halogens is 3. The summed E-state index contributed by atoms with van der Waals surface area (Å²) < 4.78 is 6.16. The van der Waals surface area contributed by atoms with Gasteiger partial charge in [-0.3, -0.25) is 0 Å². The van der Waals surface area contributed by atoms with Gasteiger partial charge in [-0.15, -0.1) is 11.3 Å². The summed E-state index contributed by atoms with van der Waals surface area (Å²) in [5, 5.41) is 3.58. The Morgan fingerprint density at radius 1 is 1.20 bits per heavy atom. The molecule has 0 aliphatic heterocycles. The summed E-state index contributed by atoms with van der Waals surface area (Å²) in [6, 6.07) is 5.49. The van der Waals surface area contributed by atoms with E-state index in [1.54, 1.807) is 13.2 Å². The number of rotatable bonds is 2. The molecule has 0 atom stereocenters. The number of hydrogen-bond acceptors (Lipinski definition) is 4. The molecule has 3 aromatic rings. The van der Waals surface area contributed by atoms with Crippen LogP contribution in [0, 0.1) is 0 Å². The fourth-order valence-corrected chi connectivity index (χ4v) is 3.82. The third kappa shape index (κ3) is 2.29. The number of nitrogens with zero attached hydrogens (tertiary/aromatic N) is 2. The quantitative estimate of drug-likeness (QED) is 0.547. The van der Waals surface area contributed by atoms with Gasteiger partial charge in [-0.05, 0) is 39.5 Å². The van der Waals surface area contributed by atoms with Crippen LogP contribution in [0.3, 0.4) is 0 Å².